The quantitative estimate of drug-likeness (QED) is 0.256. The van der Waals surface area contributed by atoms with Crippen LogP contribution in [0.3, 0.4) is 0 Å². The Labute approximate surface area is 272 Å². The third-order valence-electron chi connectivity index (χ3n) is 9.63. The number of hydrogen-bond donors (Lipinski definition) is 3. The lowest BCUT2D eigenvalue weighted by Crippen LogP contribution is -2.42. The highest BCUT2D eigenvalue weighted by Crippen LogP contribution is 2.68. The molecular formula is C33H33N3O8S2. The van der Waals surface area contributed by atoms with Gasteiger partial charge >= 0.3 is 10.8 Å². The lowest BCUT2D eigenvalue weighted by Gasteiger charge is -2.43. The number of carbonyl (C=O) groups is 4. The van der Waals surface area contributed by atoms with Crippen LogP contribution in [0.2, 0.25) is 0 Å². The molecule has 1 saturated heterocycles. The third-order valence-corrected chi connectivity index (χ3v) is 12.2. The number of aliphatic carboxylic acids is 1. The number of carboxylic acids is 1. The first kappa shape index (κ1) is 30.5. The molecule has 7 atom stereocenters. The van der Waals surface area contributed by atoms with Crippen molar-refractivity contribution in [2.24, 2.45) is 29.6 Å². The van der Waals surface area contributed by atoms with Gasteiger partial charge < -0.3 is 24.9 Å². The van der Waals surface area contributed by atoms with Gasteiger partial charge in [0.25, 0.3) is 5.91 Å². The Morgan fingerprint density at radius 3 is 2.52 bits per heavy atom. The summed E-state index contributed by atoms with van der Waals surface area (Å²) in [5.41, 5.74) is 1.58. The van der Waals surface area contributed by atoms with Crippen LogP contribution in [0.4, 0.5) is 5.69 Å². The number of benzene rings is 2. The zero-order valence-corrected chi connectivity index (χ0v) is 26.6. The Bertz CT molecular complexity index is 1760. The summed E-state index contributed by atoms with van der Waals surface area (Å²) in [5, 5.41) is 12.7. The van der Waals surface area contributed by atoms with E-state index in [2.05, 4.69) is 10.3 Å². The number of thioether (sulfide) groups is 1. The number of imide groups is 1. The summed E-state index contributed by atoms with van der Waals surface area (Å²) in [6.45, 7) is 2.14. The van der Waals surface area contributed by atoms with Crippen LogP contribution in [-0.2, 0) is 19.2 Å². The van der Waals surface area contributed by atoms with E-state index in [-0.39, 0.29) is 77.5 Å². The lowest BCUT2D eigenvalue weighted by molar-refractivity contribution is -0.142. The summed E-state index contributed by atoms with van der Waals surface area (Å²) in [6, 6.07) is 14.7. The van der Waals surface area contributed by atoms with Crippen molar-refractivity contribution in [2.75, 3.05) is 25.1 Å². The van der Waals surface area contributed by atoms with E-state index >= 15 is 0 Å². The Morgan fingerprint density at radius 1 is 1.02 bits per heavy atom. The molecule has 1 aromatic heterocycles. The number of para-hydroxylation sites is 1. The van der Waals surface area contributed by atoms with Crippen LogP contribution in [0.25, 0.3) is 0 Å². The van der Waals surface area contributed by atoms with Gasteiger partial charge in [-0.05, 0) is 67.3 Å². The normalized spacial score (nSPS) is 27.2. The van der Waals surface area contributed by atoms with Gasteiger partial charge in [0.2, 0.25) is 11.8 Å². The van der Waals surface area contributed by atoms with E-state index in [1.54, 1.807) is 30.0 Å². The van der Waals surface area contributed by atoms with Crippen LogP contribution in [0.1, 0.15) is 42.5 Å². The molecule has 11 nitrogen and oxygen atoms in total. The minimum absolute atomic E-state index is 0.00353. The molecule has 3 amide bonds. The molecule has 2 bridgehead atoms. The second-order valence-electron chi connectivity index (χ2n) is 12.1. The molecule has 3 fully saturated rings. The van der Waals surface area contributed by atoms with Crippen molar-refractivity contribution < 1.29 is 33.8 Å². The van der Waals surface area contributed by atoms with Crippen molar-refractivity contribution in [2.45, 2.75) is 42.4 Å². The number of hydrogen-bond acceptors (Lipinski definition) is 9. The first-order valence-electron chi connectivity index (χ1n) is 15.5. The number of amides is 3. The summed E-state index contributed by atoms with van der Waals surface area (Å²) < 4.78 is 11.9. The number of carboxylic acid groups (broad SMARTS) is 1. The van der Waals surface area contributed by atoms with Gasteiger partial charge in [-0.1, -0.05) is 35.6 Å². The summed E-state index contributed by atoms with van der Waals surface area (Å²) in [5.74, 6) is -1.91. The van der Waals surface area contributed by atoms with Crippen LogP contribution in [0.15, 0.2) is 58.4 Å². The Kier molecular flexibility index (Phi) is 8.14. The molecule has 2 saturated carbocycles. The average Bonchev–Trinajstić information content (AvgIpc) is 3.77. The maximum atomic E-state index is 13.7. The lowest BCUT2D eigenvalue weighted by atomic mass is 9.68. The van der Waals surface area contributed by atoms with Crippen molar-refractivity contribution >= 4 is 52.5 Å². The largest absolute Gasteiger partial charge is 0.490 e. The number of aromatic nitrogens is 1. The van der Waals surface area contributed by atoms with Gasteiger partial charge in [-0.2, -0.15) is 0 Å². The predicted molar refractivity (Wildman–Crippen MR) is 170 cm³/mol. The fraction of sp³-hybridized carbons (Fsp3) is 0.424. The van der Waals surface area contributed by atoms with Crippen LogP contribution >= 0.6 is 23.1 Å². The van der Waals surface area contributed by atoms with Gasteiger partial charge in [-0.25, -0.2) is 0 Å². The first-order chi connectivity index (χ1) is 22.2. The van der Waals surface area contributed by atoms with Crippen LogP contribution in [0.5, 0.6) is 11.5 Å². The monoisotopic (exact) mass is 663 g/mol. The summed E-state index contributed by atoms with van der Waals surface area (Å²) in [4.78, 5) is 68.5. The Hall–Kier alpha value is -4.10. The number of anilines is 1. The first-order valence-corrected chi connectivity index (χ1v) is 17.2. The molecule has 2 aliphatic carbocycles. The standard InChI is InChI=1S/C33H33N3O8S2/c1-2-43-21-13-16(10-11-20(21)44-15-22(37)34-17-7-4-3-5-8-17)24-25-18-14-19(28(25)45-30-29(24)46-33(42)35-30)27-26(18)31(40)36(32(27)41)12-6-9-23(38)39/h3-5,7-8,10-11,13,18-19,24-28H,2,6,9,12,14-15H2,1H3,(H,34,37)(H,35,42)(H,38,39)/t18?,19?,24-,25?,26?,27?,28?/m1/s1. The Morgan fingerprint density at radius 2 is 1.78 bits per heavy atom. The molecule has 3 N–H and O–H groups in total. The number of nitrogens with one attached hydrogen (secondary N) is 2. The highest BCUT2D eigenvalue weighted by Gasteiger charge is 2.69. The van der Waals surface area contributed by atoms with Crippen molar-refractivity contribution in [3.8, 4) is 11.5 Å². The zero-order chi connectivity index (χ0) is 32.1. The number of nitrogens with zero attached hydrogens (tertiary/aromatic N) is 1. The van der Waals surface area contributed by atoms with Crippen LogP contribution < -0.4 is 19.7 Å². The van der Waals surface area contributed by atoms with Gasteiger partial charge in [-0.15, -0.1) is 11.8 Å². The fourth-order valence-electron chi connectivity index (χ4n) is 8.03. The molecule has 0 spiro atoms. The SMILES string of the molecule is CCOc1cc([C@H]2c3sc(=O)[nH]c3SC3C4CC(C5C(=O)N(CCCC(=O)O)C(=O)C45)C32)ccc1OCC(=O)Nc1ccccc1. The van der Waals surface area contributed by atoms with Gasteiger partial charge in [-0.3, -0.25) is 28.9 Å². The second-order valence-corrected chi connectivity index (χ2v) is 14.3. The minimum Gasteiger partial charge on any atom is -0.490 e. The number of fused-ring (bicyclic) bond motifs is 9. The molecule has 2 aromatic carbocycles. The second kappa shape index (κ2) is 12.3. The van der Waals surface area contributed by atoms with E-state index in [0.29, 0.717) is 23.8 Å². The molecule has 46 heavy (non-hydrogen) atoms. The highest BCUT2D eigenvalue weighted by molar-refractivity contribution is 8.00. The number of aromatic amines is 1. The number of carbonyl (C=O) groups excluding carboxylic acids is 3. The predicted octanol–water partition coefficient (Wildman–Crippen LogP) is 4.19. The molecule has 0 radical (unpaired) electrons. The number of likely N-dealkylation sites (tertiary alicyclic amines) is 1. The minimum atomic E-state index is -0.956. The maximum Gasteiger partial charge on any atom is 0.305 e. The number of thiazole rings is 1. The van der Waals surface area contributed by atoms with E-state index in [9.17, 15) is 24.0 Å². The van der Waals surface area contributed by atoms with Gasteiger partial charge in [0, 0.05) is 34.7 Å². The molecule has 6 unspecified atom stereocenters. The molecule has 2 aliphatic heterocycles. The molecular weight excluding hydrogens is 631 g/mol. The van der Waals surface area contributed by atoms with Crippen molar-refractivity contribution in [1.29, 1.82) is 0 Å². The molecule has 240 valence electrons. The van der Waals surface area contributed by atoms with E-state index < -0.39 is 17.8 Å². The molecule has 4 aliphatic rings. The third kappa shape index (κ3) is 5.28. The van der Waals surface area contributed by atoms with E-state index in [1.165, 1.54) is 16.2 Å². The van der Waals surface area contributed by atoms with Gasteiger partial charge in [0.15, 0.2) is 18.1 Å². The summed E-state index contributed by atoms with van der Waals surface area (Å²) >= 11 is 2.78. The number of H-pyrrole nitrogens is 1. The van der Waals surface area contributed by atoms with E-state index in [0.717, 1.165) is 21.9 Å². The summed E-state index contributed by atoms with van der Waals surface area (Å²) in [7, 11) is 0. The molecule has 13 heteroatoms. The van der Waals surface area contributed by atoms with Crippen LogP contribution in [-0.4, -0.2) is 63.7 Å². The molecule has 3 heterocycles. The van der Waals surface area contributed by atoms with Gasteiger partial charge in [0.05, 0.1) is 23.5 Å². The molecule has 3 aromatic rings. The van der Waals surface area contributed by atoms with Crippen molar-refractivity contribution in [3.05, 3.63) is 68.6 Å². The van der Waals surface area contributed by atoms with Crippen molar-refractivity contribution in [3.63, 3.8) is 0 Å². The van der Waals surface area contributed by atoms with Crippen LogP contribution in [0, 0.1) is 29.6 Å². The average molecular weight is 664 g/mol. The van der Waals surface area contributed by atoms with Gasteiger partial charge in [0.1, 0.15) is 0 Å². The maximum absolute atomic E-state index is 13.7. The highest BCUT2D eigenvalue weighted by atomic mass is 32.2. The molecule has 7 rings (SSSR count). The zero-order valence-electron chi connectivity index (χ0n) is 25.0. The topological polar surface area (TPSA) is 155 Å². The summed E-state index contributed by atoms with van der Waals surface area (Å²) in [6.07, 6.45) is 0.881. The van der Waals surface area contributed by atoms with E-state index in [1.807, 2.05) is 37.3 Å². The smallest absolute Gasteiger partial charge is 0.305 e. The number of rotatable bonds is 11. The van der Waals surface area contributed by atoms with E-state index in [4.69, 9.17) is 14.6 Å². The Balaban J connectivity index is 1.17. The van der Waals surface area contributed by atoms with Crippen molar-refractivity contribution in [1.82, 2.24) is 9.88 Å². The fourth-order valence-corrected chi connectivity index (χ4v) is 10.9. The number of ether oxygens (including phenoxy) is 2.